The Labute approximate surface area is 83.5 Å². The normalized spacial score (nSPS) is 29.0. The van der Waals surface area contributed by atoms with E-state index in [1.807, 2.05) is 4.90 Å². The lowest BCUT2D eigenvalue weighted by atomic mass is 9.63. The van der Waals surface area contributed by atoms with Crippen molar-refractivity contribution in [2.24, 2.45) is 5.41 Å². The number of rotatable bonds is 3. The number of likely N-dealkylation sites (tertiary alicyclic amines) is 1. The van der Waals surface area contributed by atoms with E-state index >= 15 is 0 Å². The summed E-state index contributed by atoms with van der Waals surface area (Å²) in [6.45, 7) is 3.26. The van der Waals surface area contributed by atoms with Crippen molar-refractivity contribution in [3.05, 3.63) is 0 Å². The molecule has 2 N–H and O–H groups in total. The quantitative estimate of drug-likeness (QED) is 0.686. The molecule has 1 spiro atoms. The number of carbonyl (C=O) groups is 1. The third kappa shape index (κ3) is 1.42. The van der Waals surface area contributed by atoms with Crippen molar-refractivity contribution in [1.82, 2.24) is 4.90 Å². The average Bonchev–Trinajstić information content (AvgIpc) is 1.89. The van der Waals surface area contributed by atoms with Gasteiger partial charge in [-0.2, -0.15) is 0 Å². The summed E-state index contributed by atoms with van der Waals surface area (Å²) in [6.07, 6.45) is 2.95. The molecule has 0 aromatic rings. The van der Waals surface area contributed by atoms with Crippen molar-refractivity contribution in [3.63, 3.8) is 0 Å². The van der Waals surface area contributed by atoms with Gasteiger partial charge in [0, 0.05) is 13.1 Å². The van der Waals surface area contributed by atoms with E-state index in [4.69, 9.17) is 5.11 Å². The predicted molar refractivity (Wildman–Crippen MR) is 51.0 cm³/mol. The van der Waals surface area contributed by atoms with E-state index in [9.17, 15) is 9.90 Å². The lowest BCUT2D eigenvalue weighted by molar-refractivity contribution is -0.161. The Balaban J connectivity index is 1.92. The smallest absolute Gasteiger partial charge is 0.323 e. The molecule has 2 unspecified atom stereocenters. The van der Waals surface area contributed by atoms with Gasteiger partial charge in [0.15, 0.2) is 0 Å². The van der Waals surface area contributed by atoms with E-state index in [1.165, 1.54) is 19.3 Å². The summed E-state index contributed by atoms with van der Waals surface area (Å²) in [7, 11) is 0. The van der Waals surface area contributed by atoms with Crippen LogP contribution in [0.2, 0.25) is 0 Å². The van der Waals surface area contributed by atoms with Crippen LogP contribution in [0, 0.1) is 5.41 Å². The van der Waals surface area contributed by atoms with Crippen LogP contribution in [0.3, 0.4) is 0 Å². The Kier molecular flexibility index (Phi) is 2.27. The highest BCUT2D eigenvalue weighted by molar-refractivity contribution is 5.74. The summed E-state index contributed by atoms with van der Waals surface area (Å²) in [5.74, 6) is -0.908. The third-order valence-electron chi connectivity index (χ3n) is 3.59. The van der Waals surface area contributed by atoms with Gasteiger partial charge in [-0.1, -0.05) is 6.42 Å². The molecule has 1 aliphatic heterocycles. The number of carboxylic acid groups (broad SMARTS) is 1. The first-order valence-corrected chi connectivity index (χ1v) is 5.19. The SMILES string of the molecule is CC(O)C(C(=O)O)N1CC2(CCC2)C1. The maximum absolute atomic E-state index is 10.9. The molecule has 4 nitrogen and oxygen atoms in total. The lowest BCUT2D eigenvalue weighted by Crippen LogP contribution is -2.66. The monoisotopic (exact) mass is 199 g/mol. The number of hydrogen-bond acceptors (Lipinski definition) is 3. The Hall–Kier alpha value is -0.610. The zero-order valence-corrected chi connectivity index (χ0v) is 8.44. The van der Waals surface area contributed by atoms with Gasteiger partial charge in [0.25, 0.3) is 0 Å². The Morgan fingerprint density at radius 2 is 2.00 bits per heavy atom. The van der Waals surface area contributed by atoms with Crippen LogP contribution in [0.15, 0.2) is 0 Å². The molecule has 2 atom stereocenters. The van der Waals surface area contributed by atoms with Gasteiger partial charge in [-0.3, -0.25) is 9.69 Å². The van der Waals surface area contributed by atoms with Gasteiger partial charge in [-0.25, -0.2) is 0 Å². The molecule has 1 saturated carbocycles. The maximum atomic E-state index is 10.9. The summed E-state index contributed by atoms with van der Waals surface area (Å²) >= 11 is 0. The van der Waals surface area contributed by atoms with Crippen molar-refractivity contribution in [2.75, 3.05) is 13.1 Å². The second-order valence-electron chi connectivity index (χ2n) is 4.78. The van der Waals surface area contributed by atoms with E-state index in [0.29, 0.717) is 5.41 Å². The number of aliphatic hydroxyl groups excluding tert-OH is 1. The molecule has 1 aliphatic carbocycles. The first kappa shape index (κ1) is 9.93. The number of nitrogens with zero attached hydrogens (tertiary/aromatic N) is 1. The molecule has 2 fully saturated rings. The number of carboxylic acids is 1. The van der Waals surface area contributed by atoms with Gasteiger partial charge in [0.05, 0.1) is 6.10 Å². The van der Waals surface area contributed by atoms with E-state index in [2.05, 4.69) is 0 Å². The van der Waals surface area contributed by atoms with Gasteiger partial charge < -0.3 is 10.2 Å². The van der Waals surface area contributed by atoms with Crippen LogP contribution in [-0.2, 0) is 4.79 Å². The predicted octanol–water partition coefficient (Wildman–Crippen LogP) is 0.306. The van der Waals surface area contributed by atoms with Gasteiger partial charge in [0.2, 0.25) is 0 Å². The second-order valence-corrected chi connectivity index (χ2v) is 4.78. The molecule has 80 valence electrons. The fourth-order valence-electron chi connectivity index (χ4n) is 2.67. The van der Waals surface area contributed by atoms with E-state index in [-0.39, 0.29) is 0 Å². The number of hydrogen-bond donors (Lipinski definition) is 2. The molecule has 0 bridgehead atoms. The molecular formula is C10H17NO3. The minimum atomic E-state index is -0.908. The van der Waals surface area contributed by atoms with Crippen molar-refractivity contribution in [1.29, 1.82) is 0 Å². The molecule has 1 heterocycles. The first-order chi connectivity index (χ1) is 6.54. The van der Waals surface area contributed by atoms with Crippen LogP contribution in [-0.4, -0.2) is 46.3 Å². The Morgan fingerprint density at radius 1 is 1.43 bits per heavy atom. The summed E-state index contributed by atoms with van der Waals surface area (Å²) in [5, 5.41) is 18.3. The van der Waals surface area contributed by atoms with Crippen LogP contribution in [0.4, 0.5) is 0 Å². The van der Waals surface area contributed by atoms with E-state index < -0.39 is 18.1 Å². The molecule has 2 rings (SSSR count). The highest BCUT2D eigenvalue weighted by atomic mass is 16.4. The minimum absolute atomic E-state index is 0.419. The van der Waals surface area contributed by atoms with Crippen LogP contribution in [0.1, 0.15) is 26.2 Å². The standard InChI is InChI=1S/C10H17NO3/c1-7(12)8(9(13)14)11-5-10(6-11)3-2-4-10/h7-8,12H,2-6H2,1H3,(H,13,14). The highest BCUT2D eigenvalue weighted by Crippen LogP contribution is 2.48. The Morgan fingerprint density at radius 3 is 2.29 bits per heavy atom. The minimum Gasteiger partial charge on any atom is -0.480 e. The van der Waals surface area contributed by atoms with E-state index in [0.717, 1.165) is 13.1 Å². The zero-order chi connectivity index (χ0) is 10.3. The van der Waals surface area contributed by atoms with Crippen LogP contribution >= 0.6 is 0 Å². The molecule has 0 amide bonds. The van der Waals surface area contributed by atoms with Gasteiger partial charge in [-0.15, -0.1) is 0 Å². The van der Waals surface area contributed by atoms with Crippen molar-refractivity contribution in [2.45, 2.75) is 38.3 Å². The van der Waals surface area contributed by atoms with Crippen molar-refractivity contribution in [3.8, 4) is 0 Å². The van der Waals surface area contributed by atoms with Gasteiger partial charge in [0.1, 0.15) is 6.04 Å². The summed E-state index contributed by atoms with van der Waals surface area (Å²) < 4.78 is 0. The molecule has 4 heteroatoms. The molecule has 0 aromatic carbocycles. The molecule has 1 saturated heterocycles. The number of aliphatic carboxylic acids is 1. The maximum Gasteiger partial charge on any atom is 0.323 e. The fourth-order valence-corrected chi connectivity index (χ4v) is 2.67. The largest absolute Gasteiger partial charge is 0.480 e. The topological polar surface area (TPSA) is 60.8 Å². The van der Waals surface area contributed by atoms with Gasteiger partial charge >= 0.3 is 5.97 Å². The van der Waals surface area contributed by atoms with E-state index in [1.54, 1.807) is 6.92 Å². The van der Waals surface area contributed by atoms with Crippen molar-refractivity contribution < 1.29 is 15.0 Å². The summed E-state index contributed by atoms with van der Waals surface area (Å²) in [4.78, 5) is 12.8. The molecular weight excluding hydrogens is 182 g/mol. The fraction of sp³-hybridized carbons (Fsp3) is 0.900. The summed E-state index contributed by atoms with van der Waals surface area (Å²) in [5.41, 5.74) is 0.419. The zero-order valence-electron chi connectivity index (χ0n) is 8.44. The second kappa shape index (κ2) is 3.21. The van der Waals surface area contributed by atoms with Crippen LogP contribution in [0.5, 0.6) is 0 Å². The number of aliphatic hydroxyl groups is 1. The molecule has 0 radical (unpaired) electrons. The van der Waals surface area contributed by atoms with Crippen molar-refractivity contribution >= 4 is 5.97 Å². The average molecular weight is 199 g/mol. The van der Waals surface area contributed by atoms with Gasteiger partial charge in [-0.05, 0) is 25.2 Å². The highest BCUT2D eigenvalue weighted by Gasteiger charge is 2.51. The lowest BCUT2D eigenvalue weighted by Gasteiger charge is -2.57. The first-order valence-electron chi connectivity index (χ1n) is 5.19. The van der Waals surface area contributed by atoms with Crippen LogP contribution in [0.25, 0.3) is 0 Å². The molecule has 2 aliphatic rings. The molecule has 14 heavy (non-hydrogen) atoms. The third-order valence-corrected chi connectivity index (χ3v) is 3.59. The van der Waals surface area contributed by atoms with Crippen LogP contribution < -0.4 is 0 Å². The molecule has 0 aromatic heterocycles. The Bertz CT molecular complexity index is 240. The summed E-state index contributed by atoms with van der Waals surface area (Å²) in [6, 6.07) is -0.707.